The predicted octanol–water partition coefficient (Wildman–Crippen LogP) is 2.06. The van der Waals surface area contributed by atoms with Crippen LogP contribution in [0.5, 0.6) is 0 Å². The van der Waals surface area contributed by atoms with Crippen LogP contribution in [0.3, 0.4) is 0 Å². The SMILES string of the molecule is CN(CC(=O)Nc1ccc(S(N)(=O)=O)cc1)Cc1ccccc1Cl. The van der Waals surface area contributed by atoms with Crippen LogP contribution in [-0.4, -0.2) is 32.8 Å². The van der Waals surface area contributed by atoms with E-state index in [2.05, 4.69) is 5.32 Å². The number of carbonyl (C=O) groups excluding carboxylic acids is 1. The molecule has 2 aromatic rings. The van der Waals surface area contributed by atoms with Crippen LogP contribution in [0.15, 0.2) is 53.4 Å². The van der Waals surface area contributed by atoms with Gasteiger partial charge in [-0.25, -0.2) is 13.6 Å². The largest absolute Gasteiger partial charge is 0.325 e. The number of nitrogens with one attached hydrogen (secondary N) is 1. The summed E-state index contributed by atoms with van der Waals surface area (Å²) in [6.45, 7) is 0.708. The number of nitrogens with two attached hydrogens (primary N) is 1. The van der Waals surface area contributed by atoms with Crippen molar-refractivity contribution in [2.75, 3.05) is 18.9 Å². The van der Waals surface area contributed by atoms with Gasteiger partial charge in [-0.3, -0.25) is 9.69 Å². The predicted molar refractivity (Wildman–Crippen MR) is 94.2 cm³/mol. The molecule has 0 saturated heterocycles. The Bertz CT molecular complexity index is 823. The molecule has 128 valence electrons. The van der Waals surface area contributed by atoms with Gasteiger partial charge in [0.2, 0.25) is 15.9 Å². The molecule has 0 aromatic heterocycles. The van der Waals surface area contributed by atoms with E-state index in [0.717, 1.165) is 5.56 Å². The van der Waals surface area contributed by atoms with Crippen LogP contribution in [0.2, 0.25) is 5.02 Å². The quantitative estimate of drug-likeness (QED) is 0.817. The van der Waals surface area contributed by atoms with Crippen molar-refractivity contribution in [3.05, 3.63) is 59.1 Å². The number of primary sulfonamides is 1. The van der Waals surface area contributed by atoms with Crippen LogP contribution in [0.25, 0.3) is 0 Å². The molecule has 1 amide bonds. The first-order valence-electron chi connectivity index (χ1n) is 7.10. The third-order valence-corrected chi connectivity index (χ3v) is 4.58. The lowest BCUT2D eigenvalue weighted by molar-refractivity contribution is -0.117. The van der Waals surface area contributed by atoms with Gasteiger partial charge in [-0.1, -0.05) is 29.8 Å². The molecular formula is C16H18ClN3O3S. The van der Waals surface area contributed by atoms with Crippen molar-refractivity contribution in [3.8, 4) is 0 Å². The van der Waals surface area contributed by atoms with Gasteiger partial charge in [0, 0.05) is 17.3 Å². The minimum atomic E-state index is -3.74. The van der Waals surface area contributed by atoms with Crippen LogP contribution >= 0.6 is 11.6 Å². The molecule has 0 atom stereocenters. The maximum atomic E-state index is 12.1. The van der Waals surface area contributed by atoms with Crippen LogP contribution in [-0.2, 0) is 21.4 Å². The molecule has 0 unspecified atom stereocenters. The van der Waals surface area contributed by atoms with E-state index in [1.807, 2.05) is 30.1 Å². The van der Waals surface area contributed by atoms with Crippen molar-refractivity contribution in [1.82, 2.24) is 4.90 Å². The van der Waals surface area contributed by atoms with E-state index in [0.29, 0.717) is 17.3 Å². The number of anilines is 1. The molecule has 0 fully saturated rings. The van der Waals surface area contributed by atoms with Crippen molar-refractivity contribution in [3.63, 3.8) is 0 Å². The summed E-state index contributed by atoms with van der Waals surface area (Å²) in [7, 11) is -1.93. The lowest BCUT2D eigenvalue weighted by atomic mass is 10.2. The average molecular weight is 368 g/mol. The second kappa shape index (κ2) is 7.76. The summed E-state index contributed by atoms with van der Waals surface area (Å²) in [4.78, 5) is 13.9. The summed E-state index contributed by atoms with van der Waals surface area (Å²) < 4.78 is 22.4. The number of rotatable bonds is 6. The van der Waals surface area contributed by atoms with Gasteiger partial charge in [0.15, 0.2) is 0 Å². The Hall–Kier alpha value is -1.93. The second-order valence-electron chi connectivity index (χ2n) is 5.38. The molecule has 2 rings (SSSR count). The Morgan fingerprint density at radius 1 is 1.17 bits per heavy atom. The molecule has 8 heteroatoms. The highest BCUT2D eigenvalue weighted by atomic mass is 35.5. The fourth-order valence-corrected chi connectivity index (χ4v) is 2.86. The highest BCUT2D eigenvalue weighted by Gasteiger charge is 2.11. The molecule has 0 aliphatic rings. The first-order valence-corrected chi connectivity index (χ1v) is 9.03. The van der Waals surface area contributed by atoms with E-state index < -0.39 is 10.0 Å². The molecule has 2 aromatic carbocycles. The minimum absolute atomic E-state index is 0.00339. The monoisotopic (exact) mass is 367 g/mol. The van der Waals surface area contributed by atoms with Gasteiger partial charge in [-0.2, -0.15) is 0 Å². The van der Waals surface area contributed by atoms with Crippen LogP contribution in [0.4, 0.5) is 5.69 Å². The van der Waals surface area contributed by atoms with Crippen molar-refractivity contribution in [1.29, 1.82) is 0 Å². The smallest absolute Gasteiger partial charge is 0.238 e. The van der Waals surface area contributed by atoms with Gasteiger partial charge in [0.25, 0.3) is 0 Å². The number of nitrogens with zero attached hydrogens (tertiary/aromatic N) is 1. The van der Waals surface area contributed by atoms with E-state index in [4.69, 9.17) is 16.7 Å². The Morgan fingerprint density at radius 2 is 1.79 bits per heavy atom. The van der Waals surface area contributed by atoms with E-state index in [1.54, 1.807) is 6.07 Å². The zero-order valence-electron chi connectivity index (χ0n) is 13.1. The number of likely N-dealkylation sites (N-methyl/N-ethyl adjacent to an activating group) is 1. The summed E-state index contributed by atoms with van der Waals surface area (Å²) in [5.41, 5.74) is 1.44. The van der Waals surface area contributed by atoms with Crippen LogP contribution in [0.1, 0.15) is 5.56 Å². The summed E-state index contributed by atoms with van der Waals surface area (Å²) in [5.74, 6) is -0.215. The lowest BCUT2D eigenvalue weighted by Gasteiger charge is -2.17. The highest BCUT2D eigenvalue weighted by molar-refractivity contribution is 7.89. The Balaban J connectivity index is 1.92. The van der Waals surface area contributed by atoms with Gasteiger partial charge in [0.05, 0.1) is 11.4 Å². The molecule has 6 nitrogen and oxygen atoms in total. The second-order valence-corrected chi connectivity index (χ2v) is 7.35. The zero-order valence-corrected chi connectivity index (χ0v) is 14.6. The van der Waals surface area contributed by atoms with Crippen molar-refractivity contribution in [2.45, 2.75) is 11.4 Å². The number of hydrogen-bond donors (Lipinski definition) is 2. The molecule has 0 radical (unpaired) electrons. The van der Waals surface area contributed by atoms with Gasteiger partial charge in [0.1, 0.15) is 0 Å². The normalized spacial score (nSPS) is 11.5. The van der Waals surface area contributed by atoms with E-state index in [-0.39, 0.29) is 17.3 Å². The summed E-state index contributed by atoms with van der Waals surface area (Å²) >= 11 is 6.10. The third-order valence-electron chi connectivity index (χ3n) is 3.28. The van der Waals surface area contributed by atoms with Gasteiger partial charge in [-0.15, -0.1) is 0 Å². The van der Waals surface area contributed by atoms with Gasteiger partial charge in [-0.05, 0) is 42.9 Å². The standard InChI is InChI=1S/C16H18ClN3O3S/c1-20(10-12-4-2-3-5-15(12)17)11-16(21)19-13-6-8-14(9-7-13)24(18,22)23/h2-9H,10-11H2,1H3,(H,19,21)(H2,18,22,23). The molecule has 0 saturated carbocycles. The summed E-state index contributed by atoms with van der Waals surface area (Å²) in [6, 6.07) is 13.1. The first-order chi connectivity index (χ1) is 11.3. The van der Waals surface area contributed by atoms with Crippen molar-refractivity contribution < 1.29 is 13.2 Å². The van der Waals surface area contributed by atoms with Gasteiger partial charge >= 0.3 is 0 Å². The molecule has 0 aliphatic heterocycles. The lowest BCUT2D eigenvalue weighted by Crippen LogP contribution is -2.29. The number of hydrogen-bond acceptors (Lipinski definition) is 4. The maximum Gasteiger partial charge on any atom is 0.238 e. The molecule has 3 N–H and O–H groups in total. The summed E-state index contributed by atoms with van der Waals surface area (Å²) in [5, 5.41) is 8.39. The zero-order chi connectivity index (χ0) is 17.7. The number of halogens is 1. The van der Waals surface area contributed by atoms with E-state index >= 15 is 0 Å². The third kappa shape index (κ3) is 5.31. The number of carbonyl (C=O) groups is 1. The fourth-order valence-electron chi connectivity index (χ4n) is 2.15. The molecular weight excluding hydrogens is 350 g/mol. The van der Waals surface area contributed by atoms with Crippen molar-refractivity contribution >= 4 is 33.2 Å². The number of amides is 1. The van der Waals surface area contributed by atoms with Crippen LogP contribution in [0, 0.1) is 0 Å². The fraction of sp³-hybridized carbons (Fsp3) is 0.188. The average Bonchev–Trinajstić information content (AvgIpc) is 2.49. The first kappa shape index (κ1) is 18.4. The number of sulfonamides is 1. The van der Waals surface area contributed by atoms with E-state index in [1.165, 1.54) is 24.3 Å². The Morgan fingerprint density at radius 3 is 2.38 bits per heavy atom. The van der Waals surface area contributed by atoms with Gasteiger partial charge < -0.3 is 5.32 Å². The Labute approximate surface area is 146 Å². The Kier molecular flexibility index (Phi) is 5.95. The number of benzene rings is 2. The van der Waals surface area contributed by atoms with Crippen molar-refractivity contribution in [2.24, 2.45) is 5.14 Å². The molecule has 0 aliphatic carbocycles. The minimum Gasteiger partial charge on any atom is -0.325 e. The topological polar surface area (TPSA) is 92.5 Å². The molecule has 24 heavy (non-hydrogen) atoms. The van der Waals surface area contributed by atoms with Crippen LogP contribution < -0.4 is 10.5 Å². The summed E-state index contributed by atoms with van der Waals surface area (Å²) in [6.07, 6.45) is 0. The highest BCUT2D eigenvalue weighted by Crippen LogP contribution is 2.16. The molecule has 0 spiro atoms. The molecule has 0 heterocycles. The maximum absolute atomic E-state index is 12.1. The molecule has 0 bridgehead atoms. The van der Waals surface area contributed by atoms with E-state index in [9.17, 15) is 13.2 Å².